The number of carbonyl (C=O) groups excluding carboxylic acids is 2. The molecular formula is C26H28N8O3. The number of likely N-dealkylation sites (tertiary alicyclic amines) is 1. The van der Waals surface area contributed by atoms with E-state index in [1.165, 1.54) is 17.3 Å². The fourth-order valence-electron chi connectivity index (χ4n) is 4.67. The number of nitrogens with two attached hydrogens (primary N) is 1. The molecule has 0 saturated carbocycles. The zero-order valence-corrected chi connectivity index (χ0v) is 20.4. The maximum absolute atomic E-state index is 13.0. The molecule has 0 radical (unpaired) electrons. The summed E-state index contributed by atoms with van der Waals surface area (Å²) in [6.07, 6.45) is 5.43. The Labute approximate surface area is 213 Å². The van der Waals surface area contributed by atoms with Gasteiger partial charge in [-0.3, -0.25) is 4.79 Å². The smallest absolute Gasteiger partial charge is 0.346 e. The van der Waals surface area contributed by atoms with Crippen LogP contribution >= 0.6 is 0 Å². The van der Waals surface area contributed by atoms with Gasteiger partial charge in [0, 0.05) is 19.2 Å². The molecule has 2 amide bonds. The standard InChI is InChI=1S/C26H28N8O3/c1-28-25-22(24(27)35)23(18-10-12-21(13-11-18)37-20-8-3-2-4-9-20)31-33(25)15-19-7-5-6-14-32(19)26(36)34-17-29-16-30-34/h2-4,8-13,16-17,19,28H,5-7,14-15H2,1H3,(H2,27,35)/t19-/m0/s1. The van der Waals surface area contributed by atoms with Crippen LogP contribution in [0.2, 0.25) is 0 Å². The number of ether oxygens (including phenoxy) is 1. The largest absolute Gasteiger partial charge is 0.457 e. The highest BCUT2D eigenvalue weighted by molar-refractivity contribution is 6.03. The molecular weight excluding hydrogens is 472 g/mol. The monoisotopic (exact) mass is 500 g/mol. The van der Waals surface area contributed by atoms with Crippen molar-refractivity contribution < 1.29 is 14.3 Å². The molecule has 3 N–H and O–H groups in total. The van der Waals surface area contributed by atoms with E-state index < -0.39 is 5.91 Å². The first-order chi connectivity index (χ1) is 18.0. The molecule has 3 heterocycles. The lowest BCUT2D eigenvalue weighted by atomic mass is 10.0. The lowest BCUT2D eigenvalue weighted by Gasteiger charge is -2.35. The van der Waals surface area contributed by atoms with Crippen molar-refractivity contribution in [2.24, 2.45) is 5.73 Å². The van der Waals surface area contributed by atoms with Gasteiger partial charge in [0.25, 0.3) is 5.91 Å². The average Bonchev–Trinajstić information content (AvgIpc) is 3.58. The molecule has 1 fully saturated rings. The molecule has 11 heteroatoms. The first-order valence-electron chi connectivity index (χ1n) is 12.1. The van der Waals surface area contributed by atoms with E-state index in [9.17, 15) is 9.59 Å². The van der Waals surface area contributed by atoms with E-state index in [0.29, 0.717) is 35.9 Å². The van der Waals surface area contributed by atoms with Gasteiger partial charge in [-0.1, -0.05) is 18.2 Å². The minimum absolute atomic E-state index is 0.132. The Balaban J connectivity index is 1.44. The van der Waals surface area contributed by atoms with Gasteiger partial charge in [0.2, 0.25) is 0 Å². The molecule has 1 aliphatic heterocycles. The molecule has 190 valence electrons. The van der Waals surface area contributed by atoms with Crippen molar-refractivity contribution in [1.82, 2.24) is 29.4 Å². The molecule has 2 aromatic carbocycles. The average molecular weight is 501 g/mol. The number of nitrogens with one attached hydrogen (secondary N) is 1. The molecule has 2 aromatic heterocycles. The summed E-state index contributed by atoms with van der Waals surface area (Å²) in [4.78, 5) is 31.3. The number of anilines is 1. The second kappa shape index (κ2) is 10.5. The second-order valence-corrected chi connectivity index (χ2v) is 8.77. The molecule has 1 saturated heterocycles. The molecule has 1 aliphatic rings. The molecule has 37 heavy (non-hydrogen) atoms. The van der Waals surface area contributed by atoms with Crippen molar-refractivity contribution in [3.63, 3.8) is 0 Å². The number of hydrogen-bond donors (Lipinski definition) is 2. The number of carbonyl (C=O) groups is 2. The summed E-state index contributed by atoms with van der Waals surface area (Å²) < 4.78 is 8.84. The van der Waals surface area contributed by atoms with E-state index in [2.05, 4.69) is 15.4 Å². The number of benzene rings is 2. The normalized spacial score (nSPS) is 15.4. The molecule has 0 unspecified atom stereocenters. The molecule has 0 bridgehead atoms. The maximum Gasteiger partial charge on any atom is 0.346 e. The van der Waals surface area contributed by atoms with Crippen LogP contribution in [0.5, 0.6) is 11.5 Å². The Hall–Kier alpha value is -4.67. The second-order valence-electron chi connectivity index (χ2n) is 8.77. The van der Waals surface area contributed by atoms with Crippen molar-refractivity contribution in [3.8, 4) is 22.8 Å². The third kappa shape index (κ3) is 5.01. The topological polar surface area (TPSA) is 133 Å². The van der Waals surface area contributed by atoms with Crippen LogP contribution in [-0.2, 0) is 6.54 Å². The highest BCUT2D eigenvalue weighted by Crippen LogP contribution is 2.32. The Kier molecular flexibility index (Phi) is 6.84. The van der Waals surface area contributed by atoms with Gasteiger partial charge in [-0.15, -0.1) is 0 Å². The molecule has 5 rings (SSSR count). The van der Waals surface area contributed by atoms with E-state index in [4.69, 9.17) is 15.6 Å². The minimum atomic E-state index is -0.589. The first kappa shape index (κ1) is 24.0. The number of piperidine rings is 1. The van der Waals surface area contributed by atoms with Gasteiger partial charge >= 0.3 is 6.03 Å². The van der Waals surface area contributed by atoms with Crippen LogP contribution in [0.25, 0.3) is 11.3 Å². The summed E-state index contributed by atoms with van der Waals surface area (Å²) in [6.45, 7) is 1.00. The van der Waals surface area contributed by atoms with Gasteiger partial charge in [-0.25, -0.2) is 14.5 Å². The van der Waals surface area contributed by atoms with Gasteiger partial charge in [-0.2, -0.15) is 14.9 Å². The van der Waals surface area contributed by atoms with Crippen LogP contribution in [0.15, 0.2) is 67.3 Å². The lowest BCUT2D eigenvalue weighted by molar-refractivity contribution is 0.100. The molecule has 0 aliphatic carbocycles. The Bertz CT molecular complexity index is 1370. The van der Waals surface area contributed by atoms with Gasteiger partial charge in [0.1, 0.15) is 41.2 Å². The summed E-state index contributed by atoms with van der Waals surface area (Å²) in [5.41, 5.74) is 7.29. The van der Waals surface area contributed by atoms with Crippen LogP contribution in [0.3, 0.4) is 0 Å². The fraction of sp³-hybridized carbons (Fsp3) is 0.269. The van der Waals surface area contributed by atoms with E-state index in [1.807, 2.05) is 54.6 Å². The zero-order valence-electron chi connectivity index (χ0n) is 20.4. The number of rotatable bonds is 7. The molecule has 1 atom stereocenters. The summed E-state index contributed by atoms with van der Waals surface area (Å²) in [5.74, 6) is 1.31. The highest BCUT2D eigenvalue weighted by Gasteiger charge is 2.31. The Morgan fingerprint density at radius 1 is 1.08 bits per heavy atom. The Morgan fingerprint density at radius 3 is 2.51 bits per heavy atom. The fourth-order valence-corrected chi connectivity index (χ4v) is 4.67. The van der Waals surface area contributed by atoms with Crippen molar-refractivity contribution >= 4 is 17.8 Å². The zero-order chi connectivity index (χ0) is 25.8. The van der Waals surface area contributed by atoms with Crippen LogP contribution in [0, 0.1) is 0 Å². The third-order valence-corrected chi connectivity index (χ3v) is 6.41. The number of nitrogens with zero attached hydrogens (tertiary/aromatic N) is 6. The van der Waals surface area contributed by atoms with Crippen molar-refractivity contribution in [2.45, 2.75) is 31.8 Å². The number of amides is 2. The summed E-state index contributed by atoms with van der Waals surface area (Å²) in [5, 5.41) is 11.9. The molecule has 11 nitrogen and oxygen atoms in total. The SMILES string of the molecule is CNc1c(C(N)=O)c(-c2ccc(Oc3ccccc3)cc2)nn1C[C@@H]1CCCCN1C(=O)n1cncn1. The van der Waals surface area contributed by atoms with Gasteiger partial charge in [0.15, 0.2) is 0 Å². The van der Waals surface area contributed by atoms with Gasteiger partial charge in [-0.05, 0) is 55.7 Å². The van der Waals surface area contributed by atoms with Gasteiger partial charge in [0.05, 0.1) is 12.6 Å². The van der Waals surface area contributed by atoms with E-state index in [1.54, 1.807) is 16.6 Å². The maximum atomic E-state index is 13.0. The van der Waals surface area contributed by atoms with Crippen molar-refractivity contribution in [1.29, 1.82) is 0 Å². The van der Waals surface area contributed by atoms with Crippen LogP contribution in [-0.4, -0.2) is 61.0 Å². The summed E-state index contributed by atoms with van der Waals surface area (Å²) >= 11 is 0. The number of aromatic nitrogens is 5. The van der Waals surface area contributed by atoms with Crippen molar-refractivity contribution in [2.75, 3.05) is 18.9 Å². The molecule has 0 spiro atoms. The number of para-hydroxylation sites is 1. The van der Waals surface area contributed by atoms with Gasteiger partial charge < -0.3 is 20.7 Å². The van der Waals surface area contributed by atoms with Crippen molar-refractivity contribution in [3.05, 3.63) is 72.8 Å². The van der Waals surface area contributed by atoms with Crippen LogP contribution in [0.4, 0.5) is 10.6 Å². The number of primary amides is 1. The quantitative estimate of drug-likeness (QED) is 0.396. The predicted octanol–water partition coefficient (Wildman–Crippen LogP) is 3.60. The van der Waals surface area contributed by atoms with E-state index >= 15 is 0 Å². The predicted molar refractivity (Wildman–Crippen MR) is 137 cm³/mol. The van der Waals surface area contributed by atoms with E-state index in [-0.39, 0.29) is 12.1 Å². The van der Waals surface area contributed by atoms with Crippen LogP contribution in [0.1, 0.15) is 29.6 Å². The first-order valence-corrected chi connectivity index (χ1v) is 12.1. The Morgan fingerprint density at radius 2 is 1.84 bits per heavy atom. The third-order valence-electron chi connectivity index (χ3n) is 6.41. The molecule has 4 aromatic rings. The van der Waals surface area contributed by atoms with Crippen LogP contribution < -0.4 is 15.8 Å². The minimum Gasteiger partial charge on any atom is -0.457 e. The number of hydrogen-bond acceptors (Lipinski definition) is 7. The highest BCUT2D eigenvalue weighted by atomic mass is 16.5. The van der Waals surface area contributed by atoms with E-state index in [0.717, 1.165) is 30.6 Å². The summed E-state index contributed by atoms with van der Waals surface area (Å²) in [7, 11) is 1.72. The lowest BCUT2D eigenvalue weighted by Crippen LogP contribution is -2.48. The summed E-state index contributed by atoms with van der Waals surface area (Å²) in [6, 6.07) is 16.5.